The third-order valence-electron chi connectivity index (χ3n) is 5.26. The van der Waals surface area contributed by atoms with Gasteiger partial charge in [-0.2, -0.15) is 0 Å². The van der Waals surface area contributed by atoms with E-state index in [1.807, 2.05) is 59.5 Å². The Labute approximate surface area is 142 Å². The summed E-state index contributed by atoms with van der Waals surface area (Å²) in [6.07, 6.45) is 5.98. The molecule has 2 N–H and O–H groups in total. The summed E-state index contributed by atoms with van der Waals surface area (Å²) >= 11 is 0. The lowest BCUT2D eigenvalue weighted by Crippen LogP contribution is -2.45. The zero-order valence-electron chi connectivity index (χ0n) is 13.7. The molecule has 0 amide bonds. The lowest BCUT2D eigenvalue weighted by atomic mass is 9.79. The Morgan fingerprint density at radius 2 is 1.54 bits per heavy atom. The number of aliphatic hydroxyl groups is 2. The largest absolute Gasteiger partial charge is 0.384 e. The van der Waals surface area contributed by atoms with Gasteiger partial charge in [0.25, 0.3) is 0 Å². The minimum Gasteiger partial charge on any atom is -0.384 e. The van der Waals surface area contributed by atoms with Gasteiger partial charge in [0, 0.05) is 11.3 Å². The van der Waals surface area contributed by atoms with Gasteiger partial charge < -0.3 is 15.1 Å². The van der Waals surface area contributed by atoms with Crippen LogP contribution in [0.15, 0.2) is 60.3 Å². The summed E-state index contributed by atoms with van der Waals surface area (Å²) in [5, 5.41) is 22.4. The number of hydrogen-bond acceptors (Lipinski definition) is 3. The molecule has 3 nitrogen and oxygen atoms in total. The minimum absolute atomic E-state index is 0.747. The van der Waals surface area contributed by atoms with Gasteiger partial charge in [0.1, 0.15) is 5.60 Å². The molecule has 0 aromatic heterocycles. The average Bonchev–Trinajstić information content (AvgIpc) is 2.63. The number of anilines is 1. The molecule has 2 aromatic carbocycles. The Morgan fingerprint density at radius 1 is 0.875 bits per heavy atom. The third kappa shape index (κ3) is 2.54. The van der Waals surface area contributed by atoms with Crippen molar-refractivity contribution in [1.82, 2.24) is 0 Å². The van der Waals surface area contributed by atoms with E-state index in [0.29, 0.717) is 0 Å². The molecule has 0 spiro atoms. The van der Waals surface area contributed by atoms with Crippen LogP contribution < -0.4 is 4.90 Å². The highest BCUT2D eigenvalue weighted by Crippen LogP contribution is 2.44. The molecule has 24 heavy (non-hydrogen) atoms. The Morgan fingerprint density at radius 3 is 2.29 bits per heavy atom. The molecule has 1 atom stereocenters. The van der Waals surface area contributed by atoms with E-state index in [2.05, 4.69) is 6.08 Å². The van der Waals surface area contributed by atoms with Crippen molar-refractivity contribution < 1.29 is 10.2 Å². The van der Waals surface area contributed by atoms with Crippen LogP contribution in [0.4, 0.5) is 5.69 Å². The van der Waals surface area contributed by atoms with Crippen molar-refractivity contribution in [3.63, 3.8) is 0 Å². The second-order valence-electron chi connectivity index (χ2n) is 6.83. The molecule has 1 aliphatic carbocycles. The van der Waals surface area contributed by atoms with Crippen LogP contribution in [-0.4, -0.2) is 15.8 Å². The van der Waals surface area contributed by atoms with Crippen molar-refractivity contribution in [3.05, 3.63) is 71.4 Å². The monoisotopic (exact) mass is 321 g/mol. The molecule has 1 unspecified atom stereocenters. The Bertz CT molecular complexity index is 747. The predicted octanol–water partition coefficient (Wildman–Crippen LogP) is 4.23. The summed E-state index contributed by atoms with van der Waals surface area (Å²) in [6.45, 7) is 0. The smallest absolute Gasteiger partial charge is 0.157 e. The molecule has 0 radical (unpaired) electrons. The quantitative estimate of drug-likeness (QED) is 0.870. The highest BCUT2D eigenvalue weighted by Gasteiger charge is 2.41. The van der Waals surface area contributed by atoms with Gasteiger partial charge in [0.15, 0.2) is 6.23 Å². The van der Waals surface area contributed by atoms with Crippen molar-refractivity contribution >= 4 is 11.8 Å². The molecule has 0 saturated heterocycles. The molecular weight excluding hydrogens is 298 g/mol. The van der Waals surface area contributed by atoms with E-state index in [-0.39, 0.29) is 0 Å². The highest BCUT2D eigenvalue weighted by atomic mass is 16.3. The number of para-hydroxylation sites is 1. The molecule has 2 aliphatic rings. The van der Waals surface area contributed by atoms with Crippen molar-refractivity contribution in [2.24, 2.45) is 0 Å². The fraction of sp³-hybridized carbons (Fsp3) is 0.333. The minimum atomic E-state index is -0.872. The molecule has 2 aromatic rings. The number of rotatable bonds is 2. The first-order valence-electron chi connectivity index (χ1n) is 8.75. The number of aliphatic hydroxyl groups excluding tert-OH is 1. The average molecular weight is 321 g/mol. The SMILES string of the molecule is OC1c2ccccc2C=C(C2(O)CCCCC2)N1c1ccccc1. The maximum absolute atomic E-state index is 11.4. The van der Waals surface area contributed by atoms with Crippen LogP contribution in [0.5, 0.6) is 0 Å². The third-order valence-corrected chi connectivity index (χ3v) is 5.26. The number of hydrogen-bond donors (Lipinski definition) is 2. The van der Waals surface area contributed by atoms with E-state index in [1.165, 1.54) is 6.42 Å². The molecule has 1 aliphatic heterocycles. The van der Waals surface area contributed by atoms with Crippen LogP contribution in [-0.2, 0) is 0 Å². The first kappa shape index (κ1) is 15.4. The molecule has 1 saturated carbocycles. The first-order chi connectivity index (χ1) is 11.7. The van der Waals surface area contributed by atoms with Crippen molar-refractivity contribution in [1.29, 1.82) is 0 Å². The normalized spacial score (nSPS) is 22.7. The van der Waals surface area contributed by atoms with Gasteiger partial charge in [-0.3, -0.25) is 0 Å². The zero-order valence-corrected chi connectivity index (χ0v) is 13.7. The molecule has 1 heterocycles. The van der Waals surface area contributed by atoms with E-state index in [1.54, 1.807) is 0 Å². The maximum Gasteiger partial charge on any atom is 0.157 e. The maximum atomic E-state index is 11.4. The number of nitrogens with zero attached hydrogens (tertiary/aromatic N) is 1. The van der Waals surface area contributed by atoms with Gasteiger partial charge >= 0.3 is 0 Å². The van der Waals surface area contributed by atoms with Crippen LogP contribution in [0.1, 0.15) is 49.5 Å². The van der Waals surface area contributed by atoms with Gasteiger partial charge in [0.2, 0.25) is 0 Å². The van der Waals surface area contributed by atoms with E-state index < -0.39 is 11.8 Å². The fourth-order valence-corrected chi connectivity index (χ4v) is 3.99. The number of benzene rings is 2. The van der Waals surface area contributed by atoms with Crippen LogP contribution in [0.25, 0.3) is 6.08 Å². The second kappa shape index (κ2) is 6.08. The molecule has 1 fully saturated rings. The van der Waals surface area contributed by atoms with E-state index in [4.69, 9.17) is 0 Å². The van der Waals surface area contributed by atoms with Gasteiger partial charge in [0.05, 0.1) is 5.70 Å². The predicted molar refractivity (Wildman–Crippen MR) is 96.3 cm³/mol. The van der Waals surface area contributed by atoms with Gasteiger partial charge in [-0.05, 0) is 36.6 Å². The lowest BCUT2D eigenvalue weighted by Gasteiger charge is -2.45. The Kier molecular flexibility index (Phi) is 3.91. The molecule has 124 valence electrons. The van der Waals surface area contributed by atoms with E-state index in [9.17, 15) is 10.2 Å². The van der Waals surface area contributed by atoms with Crippen molar-refractivity contribution in [2.75, 3.05) is 4.90 Å². The van der Waals surface area contributed by atoms with Crippen LogP contribution in [0, 0.1) is 0 Å². The van der Waals surface area contributed by atoms with Crippen molar-refractivity contribution in [3.8, 4) is 0 Å². The van der Waals surface area contributed by atoms with Gasteiger partial charge in [-0.25, -0.2) is 0 Å². The molecule has 0 bridgehead atoms. The first-order valence-corrected chi connectivity index (χ1v) is 8.75. The topological polar surface area (TPSA) is 43.7 Å². The summed E-state index contributed by atoms with van der Waals surface area (Å²) < 4.78 is 0. The van der Waals surface area contributed by atoms with E-state index in [0.717, 1.165) is 48.2 Å². The second-order valence-corrected chi connectivity index (χ2v) is 6.83. The zero-order chi connectivity index (χ0) is 16.6. The van der Waals surface area contributed by atoms with Crippen molar-refractivity contribution in [2.45, 2.75) is 43.9 Å². The molecular formula is C21H23NO2. The Balaban J connectivity index is 1.87. The summed E-state index contributed by atoms with van der Waals surface area (Å²) in [6, 6.07) is 17.7. The van der Waals surface area contributed by atoms with Crippen LogP contribution >= 0.6 is 0 Å². The summed E-state index contributed by atoms with van der Waals surface area (Å²) in [5.41, 5.74) is 2.72. The summed E-state index contributed by atoms with van der Waals surface area (Å²) in [5.74, 6) is 0. The van der Waals surface area contributed by atoms with Gasteiger partial charge in [-0.1, -0.05) is 61.7 Å². The lowest BCUT2D eigenvalue weighted by molar-refractivity contribution is 0.0302. The highest BCUT2D eigenvalue weighted by molar-refractivity contribution is 5.71. The molecule has 4 rings (SSSR count). The van der Waals surface area contributed by atoms with Crippen LogP contribution in [0.3, 0.4) is 0 Å². The molecule has 3 heteroatoms. The fourth-order valence-electron chi connectivity index (χ4n) is 3.99. The Hall–Kier alpha value is -2.10. The van der Waals surface area contributed by atoms with E-state index >= 15 is 0 Å². The number of fused-ring (bicyclic) bond motifs is 1. The summed E-state index contributed by atoms with van der Waals surface area (Å²) in [7, 11) is 0. The van der Waals surface area contributed by atoms with Gasteiger partial charge in [-0.15, -0.1) is 0 Å². The standard InChI is InChI=1S/C21H23NO2/c23-20-18-12-6-5-9-16(18)15-19(21(24)13-7-2-8-14-21)22(20)17-10-3-1-4-11-17/h1,3-6,9-12,15,20,23-24H,2,7-8,13-14H2. The summed E-state index contributed by atoms with van der Waals surface area (Å²) in [4.78, 5) is 1.90. The van der Waals surface area contributed by atoms with Crippen LogP contribution in [0.2, 0.25) is 0 Å².